The molecule has 1 aromatic rings. The van der Waals surface area contributed by atoms with Crippen molar-refractivity contribution >= 4 is 0 Å². The van der Waals surface area contributed by atoms with E-state index < -0.39 is 0 Å². The molecule has 0 unspecified atom stereocenters. The van der Waals surface area contributed by atoms with Crippen LogP contribution in [-0.2, 0) is 6.54 Å². The minimum atomic E-state index is 0.810. The van der Waals surface area contributed by atoms with Crippen LogP contribution in [0.25, 0.3) is 0 Å². The Bertz CT molecular complexity index is 242. The van der Waals surface area contributed by atoms with Gasteiger partial charge in [0.2, 0.25) is 0 Å². The van der Waals surface area contributed by atoms with Crippen molar-refractivity contribution in [2.24, 2.45) is 0 Å². The third kappa shape index (κ3) is 2.82. The number of nitrogens with one attached hydrogen (secondary N) is 1. The van der Waals surface area contributed by atoms with Gasteiger partial charge in [0.05, 0.1) is 5.69 Å². The van der Waals surface area contributed by atoms with E-state index in [9.17, 15) is 0 Å². The zero-order valence-electron chi connectivity index (χ0n) is 8.41. The molecular weight excluding hydrogens is 178 g/mol. The summed E-state index contributed by atoms with van der Waals surface area (Å²) in [4.78, 5) is 2.50. The average molecular weight is 195 g/mol. The molecule has 0 saturated carbocycles. The van der Waals surface area contributed by atoms with Crippen molar-refractivity contribution < 1.29 is 4.52 Å². The second-order valence-corrected chi connectivity index (χ2v) is 3.72. The second kappa shape index (κ2) is 5.12. The van der Waals surface area contributed by atoms with Crippen molar-refractivity contribution in [3.63, 3.8) is 0 Å². The van der Waals surface area contributed by atoms with Crippen LogP contribution < -0.4 is 5.32 Å². The largest absolute Gasteiger partial charge is 0.364 e. The molecule has 1 aliphatic rings. The molecule has 0 aromatic carbocycles. The highest BCUT2D eigenvalue weighted by atomic mass is 16.5. The maximum absolute atomic E-state index is 4.74. The molecule has 0 radical (unpaired) electrons. The predicted molar refractivity (Wildman–Crippen MR) is 53.9 cm³/mol. The molecule has 1 aromatic heterocycles. The molecule has 0 spiro atoms. The Balaban J connectivity index is 1.55. The van der Waals surface area contributed by atoms with E-state index in [1.807, 2.05) is 6.07 Å². The van der Waals surface area contributed by atoms with Crippen molar-refractivity contribution in [1.29, 1.82) is 0 Å². The monoisotopic (exact) mass is 195 g/mol. The van der Waals surface area contributed by atoms with Gasteiger partial charge in [-0.3, -0.25) is 0 Å². The zero-order chi connectivity index (χ0) is 9.64. The molecule has 4 nitrogen and oxygen atoms in total. The van der Waals surface area contributed by atoms with E-state index in [0.717, 1.165) is 25.3 Å². The highest BCUT2D eigenvalue weighted by molar-refractivity contribution is 4.94. The van der Waals surface area contributed by atoms with Crippen molar-refractivity contribution in [1.82, 2.24) is 15.4 Å². The van der Waals surface area contributed by atoms with E-state index in [2.05, 4.69) is 15.4 Å². The molecule has 0 aliphatic carbocycles. The molecule has 0 amide bonds. The first-order valence-electron chi connectivity index (χ1n) is 5.27. The van der Waals surface area contributed by atoms with Gasteiger partial charge in [0, 0.05) is 25.7 Å². The van der Waals surface area contributed by atoms with Crippen LogP contribution in [0.1, 0.15) is 18.5 Å². The van der Waals surface area contributed by atoms with Crippen molar-refractivity contribution in [3.05, 3.63) is 18.0 Å². The van der Waals surface area contributed by atoms with Crippen molar-refractivity contribution in [3.8, 4) is 0 Å². The Hall–Kier alpha value is -0.870. The summed E-state index contributed by atoms with van der Waals surface area (Å²) in [6, 6.07) is 1.89. The fourth-order valence-corrected chi connectivity index (χ4v) is 1.79. The van der Waals surface area contributed by atoms with Gasteiger partial charge in [0.15, 0.2) is 0 Å². The van der Waals surface area contributed by atoms with Crippen LogP contribution in [0.3, 0.4) is 0 Å². The number of rotatable bonds is 5. The van der Waals surface area contributed by atoms with Crippen LogP contribution in [0, 0.1) is 0 Å². The van der Waals surface area contributed by atoms with Gasteiger partial charge < -0.3 is 14.7 Å². The molecule has 4 heteroatoms. The van der Waals surface area contributed by atoms with Crippen LogP contribution >= 0.6 is 0 Å². The van der Waals surface area contributed by atoms with Crippen LogP contribution in [0.2, 0.25) is 0 Å². The first-order valence-corrected chi connectivity index (χ1v) is 5.27. The van der Waals surface area contributed by atoms with Crippen LogP contribution in [0.4, 0.5) is 0 Å². The summed E-state index contributed by atoms with van der Waals surface area (Å²) in [5.41, 5.74) is 0.978. The minimum absolute atomic E-state index is 0.810. The number of likely N-dealkylation sites (tertiary alicyclic amines) is 1. The third-order valence-electron chi connectivity index (χ3n) is 2.60. The van der Waals surface area contributed by atoms with Gasteiger partial charge >= 0.3 is 0 Å². The molecule has 1 saturated heterocycles. The van der Waals surface area contributed by atoms with Gasteiger partial charge in [-0.05, 0) is 25.9 Å². The summed E-state index contributed by atoms with van der Waals surface area (Å²) < 4.78 is 4.74. The molecule has 14 heavy (non-hydrogen) atoms. The summed E-state index contributed by atoms with van der Waals surface area (Å²) in [6.07, 6.45) is 4.34. The summed E-state index contributed by atoms with van der Waals surface area (Å²) in [5.74, 6) is 0. The fourth-order valence-electron chi connectivity index (χ4n) is 1.79. The van der Waals surface area contributed by atoms with Crippen molar-refractivity contribution in [2.75, 3.05) is 26.2 Å². The average Bonchev–Trinajstić information content (AvgIpc) is 2.86. The van der Waals surface area contributed by atoms with Crippen LogP contribution in [0.5, 0.6) is 0 Å². The van der Waals surface area contributed by atoms with Gasteiger partial charge in [0.1, 0.15) is 6.26 Å². The topological polar surface area (TPSA) is 41.3 Å². The molecule has 2 heterocycles. The molecule has 1 fully saturated rings. The first kappa shape index (κ1) is 9.68. The SMILES string of the molecule is c1cc(CNCCN2CCCC2)no1. The van der Waals surface area contributed by atoms with Crippen LogP contribution in [-0.4, -0.2) is 36.2 Å². The fraction of sp³-hybridized carbons (Fsp3) is 0.700. The van der Waals surface area contributed by atoms with E-state index in [1.165, 1.54) is 25.9 Å². The molecule has 0 atom stereocenters. The highest BCUT2D eigenvalue weighted by Gasteiger charge is 2.09. The molecule has 0 bridgehead atoms. The predicted octanol–water partition coefficient (Wildman–Crippen LogP) is 0.860. The van der Waals surface area contributed by atoms with Gasteiger partial charge in [-0.25, -0.2) is 0 Å². The molecular formula is C10H17N3O. The Kier molecular flexibility index (Phi) is 3.54. The number of nitrogens with zero attached hydrogens (tertiary/aromatic N) is 2. The van der Waals surface area contributed by atoms with Gasteiger partial charge in [0.25, 0.3) is 0 Å². The van der Waals surface area contributed by atoms with Gasteiger partial charge in [-0.2, -0.15) is 0 Å². The lowest BCUT2D eigenvalue weighted by atomic mass is 10.4. The standard InChI is InChI=1S/C10H17N3O/c1-2-6-13(5-1)7-4-11-9-10-3-8-14-12-10/h3,8,11H,1-2,4-7,9H2. The summed E-state index contributed by atoms with van der Waals surface area (Å²) >= 11 is 0. The molecule has 78 valence electrons. The second-order valence-electron chi connectivity index (χ2n) is 3.72. The molecule has 1 N–H and O–H groups in total. The maximum atomic E-state index is 4.74. The minimum Gasteiger partial charge on any atom is -0.364 e. The Morgan fingerprint density at radius 1 is 1.43 bits per heavy atom. The summed E-state index contributed by atoms with van der Waals surface area (Å²) in [7, 11) is 0. The Morgan fingerprint density at radius 3 is 3.00 bits per heavy atom. The highest BCUT2D eigenvalue weighted by Crippen LogP contribution is 2.05. The maximum Gasteiger partial charge on any atom is 0.124 e. The lowest BCUT2D eigenvalue weighted by molar-refractivity contribution is 0.334. The van der Waals surface area contributed by atoms with E-state index in [0.29, 0.717) is 0 Å². The molecule has 2 rings (SSSR count). The summed E-state index contributed by atoms with van der Waals surface area (Å²) in [6.45, 7) is 5.53. The van der Waals surface area contributed by atoms with Crippen LogP contribution in [0.15, 0.2) is 16.9 Å². The zero-order valence-corrected chi connectivity index (χ0v) is 8.41. The number of hydrogen-bond donors (Lipinski definition) is 1. The lowest BCUT2D eigenvalue weighted by Gasteiger charge is -2.14. The quantitative estimate of drug-likeness (QED) is 0.707. The van der Waals surface area contributed by atoms with Gasteiger partial charge in [-0.1, -0.05) is 5.16 Å². The van der Waals surface area contributed by atoms with E-state index in [1.54, 1.807) is 6.26 Å². The third-order valence-corrected chi connectivity index (χ3v) is 2.60. The van der Waals surface area contributed by atoms with E-state index in [-0.39, 0.29) is 0 Å². The Labute approximate surface area is 84.3 Å². The van der Waals surface area contributed by atoms with E-state index >= 15 is 0 Å². The number of aromatic nitrogens is 1. The first-order chi connectivity index (χ1) is 6.95. The lowest BCUT2D eigenvalue weighted by Crippen LogP contribution is -2.29. The van der Waals surface area contributed by atoms with Crippen molar-refractivity contribution in [2.45, 2.75) is 19.4 Å². The Morgan fingerprint density at radius 2 is 2.29 bits per heavy atom. The smallest absolute Gasteiger partial charge is 0.124 e. The summed E-state index contributed by atoms with van der Waals surface area (Å²) in [5, 5.41) is 7.18. The van der Waals surface area contributed by atoms with Gasteiger partial charge in [-0.15, -0.1) is 0 Å². The normalized spacial score (nSPS) is 17.7. The van der Waals surface area contributed by atoms with E-state index in [4.69, 9.17) is 4.52 Å². The number of hydrogen-bond acceptors (Lipinski definition) is 4. The molecule has 1 aliphatic heterocycles.